The molecule has 0 atom stereocenters. The van der Waals surface area contributed by atoms with Crippen LogP contribution in [0, 0.1) is 17.5 Å². The van der Waals surface area contributed by atoms with Crippen LogP contribution in [0.5, 0.6) is 0 Å². The molecule has 0 aliphatic carbocycles. The normalized spacial score (nSPS) is 9.94. The first-order valence-corrected chi connectivity index (χ1v) is 4.53. The monoisotopic (exact) mass is 248 g/mol. The van der Waals surface area contributed by atoms with Gasteiger partial charge in [-0.15, -0.1) is 0 Å². The average Bonchev–Trinajstić information content (AvgIpc) is 2.09. The van der Waals surface area contributed by atoms with E-state index >= 15 is 0 Å². The van der Waals surface area contributed by atoms with Gasteiger partial charge >= 0.3 is 0 Å². The topological polar surface area (TPSA) is 55.1 Å². The molecule has 0 radical (unpaired) electrons. The zero-order valence-corrected chi connectivity index (χ0v) is 8.71. The van der Waals surface area contributed by atoms with Crippen LogP contribution in [0.3, 0.4) is 0 Å². The SMILES string of the molecule is NC(=S)CC(=O)Nc1c(F)cc(F)cc1F. The molecule has 0 bridgehead atoms. The van der Waals surface area contributed by atoms with E-state index in [1.54, 1.807) is 0 Å². The average molecular weight is 248 g/mol. The van der Waals surface area contributed by atoms with Crippen LogP contribution in [0.2, 0.25) is 0 Å². The summed E-state index contributed by atoms with van der Waals surface area (Å²) >= 11 is 4.44. The molecule has 0 unspecified atom stereocenters. The van der Waals surface area contributed by atoms with Crippen LogP contribution in [0.1, 0.15) is 6.42 Å². The number of nitrogens with two attached hydrogens (primary N) is 1. The number of hydrogen-bond acceptors (Lipinski definition) is 2. The van der Waals surface area contributed by atoms with E-state index in [0.29, 0.717) is 12.1 Å². The minimum atomic E-state index is -1.20. The molecule has 16 heavy (non-hydrogen) atoms. The Kier molecular flexibility index (Phi) is 3.83. The third kappa shape index (κ3) is 3.20. The summed E-state index contributed by atoms with van der Waals surface area (Å²) in [7, 11) is 0. The zero-order valence-electron chi connectivity index (χ0n) is 7.89. The highest BCUT2D eigenvalue weighted by Gasteiger charge is 2.14. The zero-order chi connectivity index (χ0) is 12.3. The lowest BCUT2D eigenvalue weighted by molar-refractivity contribution is -0.115. The van der Waals surface area contributed by atoms with Crippen LogP contribution in [0.4, 0.5) is 18.9 Å². The van der Waals surface area contributed by atoms with E-state index in [2.05, 4.69) is 12.2 Å². The Bertz CT molecular complexity index is 427. The van der Waals surface area contributed by atoms with Gasteiger partial charge in [-0.05, 0) is 0 Å². The molecule has 1 amide bonds. The van der Waals surface area contributed by atoms with Crippen molar-refractivity contribution in [2.24, 2.45) is 5.73 Å². The maximum atomic E-state index is 13.1. The van der Waals surface area contributed by atoms with E-state index in [-0.39, 0.29) is 11.4 Å². The summed E-state index contributed by atoms with van der Waals surface area (Å²) in [4.78, 5) is 11.0. The van der Waals surface area contributed by atoms with Gasteiger partial charge in [-0.2, -0.15) is 0 Å². The number of nitrogens with one attached hydrogen (secondary N) is 1. The largest absolute Gasteiger partial charge is 0.393 e. The second-order valence-corrected chi connectivity index (χ2v) is 3.46. The van der Waals surface area contributed by atoms with Crippen LogP contribution < -0.4 is 11.1 Å². The first-order valence-electron chi connectivity index (χ1n) is 4.13. The number of halogens is 3. The molecule has 3 N–H and O–H groups in total. The number of anilines is 1. The highest BCUT2D eigenvalue weighted by Crippen LogP contribution is 2.20. The molecular weight excluding hydrogens is 241 g/mol. The second kappa shape index (κ2) is 4.93. The van der Waals surface area contributed by atoms with Gasteiger partial charge in [-0.1, -0.05) is 12.2 Å². The summed E-state index contributed by atoms with van der Waals surface area (Å²) in [6.07, 6.45) is -0.342. The van der Waals surface area contributed by atoms with Crippen molar-refractivity contribution in [2.45, 2.75) is 6.42 Å². The number of hydrogen-bond donors (Lipinski definition) is 2. The summed E-state index contributed by atoms with van der Waals surface area (Å²) < 4.78 is 38.6. The maximum absolute atomic E-state index is 13.1. The quantitative estimate of drug-likeness (QED) is 0.801. The molecule has 1 rings (SSSR count). The van der Waals surface area contributed by atoms with Crippen molar-refractivity contribution in [3.8, 4) is 0 Å². The minimum Gasteiger partial charge on any atom is -0.393 e. The molecule has 7 heteroatoms. The molecule has 0 aliphatic rings. The molecule has 1 aromatic rings. The van der Waals surface area contributed by atoms with Gasteiger partial charge in [-0.3, -0.25) is 4.79 Å². The molecule has 86 valence electrons. The Morgan fingerprint density at radius 3 is 2.25 bits per heavy atom. The molecule has 0 aliphatic heterocycles. The molecule has 0 spiro atoms. The van der Waals surface area contributed by atoms with Gasteiger partial charge < -0.3 is 11.1 Å². The fraction of sp³-hybridized carbons (Fsp3) is 0.111. The van der Waals surface area contributed by atoms with E-state index < -0.39 is 29.0 Å². The molecule has 0 fully saturated rings. The molecular formula is C9H7F3N2OS. The van der Waals surface area contributed by atoms with Crippen molar-refractivity contribution in [1.82, 2.24) is 0 Å². The van der Waals surface area contributed by atoms with Crippen LogP contribution in [-0.4, -0.2) is 10.9 Å². The summed E-state index contributed by atoms with van der Waals surface area (Å²) in [5.74, 6) is -4.23. The highest BCUT2D eigenvalue weighted by atomic mass is 32.1. The van der Waals surface area contributed by atoms with Crippen molar-refractivity contribution in [1.29, 1.82) is 0 Å². The Morgan fingerprint density at radius 1 is 1.31 bits per heavy atom. The van der Waals surface area contributed by atoms with Gasteiger partial charge in [0, 0.05) is 12.1 Å². The van der Waals surface area contributed by atoms with Gasteiger partial charge in [0.05, 0.1) is 11.4 Å². The van der Waals surface area contributed by atoms with Crippen LogP contribution >= 0.6 is 12.2 Å². The third-order valence-electron chi connectivity index (χ3n) is 1.61. The Hall–Kier alpha value is -1.63. The first-order chi connectivity index (χ1) is 7.40. The fourth-order valence-corrected chi connectivity index (χ4v) is 1.13. The van der Waals surface area contributed by atoms with Crippen LogP contribution in [0.15, 0.2) is 12.1 Å². The van der Waals surface area contributed by atoms with Gasteiger partial charge in [-0.25, -0.2) is 13.2 Å². The lowest BCUT2D eigenvalue weighted by atomic mass is 10.2. The predicted octanol–water partition coefficient (Wildman–Crippen LogP) is 1.72. The molecule has 0 aromatic heterocycles. The number of thiocarbonyl (C=S) groups is 1. The summed E-state index contributed by atoms with van der Waals surface area (Å²) in [6, 6.07) is 0.916. The number of rotatable bonds is 3. The Morgan fingerprint density at radius 2 is 1.81 bits per heavy atom. The van der Waals surface area contributed by atoms with Gasteiger partial charge in [0.2, 0.25) is 5.91 Å². The molecule has 0 saturated heterocycles. The van der Waals surface area contributed by atoms with E-state index in [0.717, 1.165) is 0 Å². The molecule has 1 aromatic carbocycles. The fourth-order valence-electron chi connectivity index (χ4n) is 1.00. The second-order valence-electron chi connectivity index (χ2n) is 2.94. The molecule has 3 nitrogen and oxygen atoms in total. The summed E-state index contributed by atoms with van der Waals surface area (Å²) in [6.45, 7) is 0. The standard InChI is InChI=1S/C9H7F3N2OS/c10-4-1-5(11)9(6(12)2-4)14-8(15)3-7(13)16/h1-2H,3H2,(H2,13,16)(H,14,15). The van der Waals surface area contributed by atoms with Crippen molar-refractivity contribution < 1.29 is 18.0 Å². The van der Waals surface area contributed by atoms with Crippen molar-refractivity contribution >= 4 is 28.8 Å². The predicted molar refractivity (Wildman–Crippen MR) is 56.3 cm³/mol. The van der Waals surface area contributed by atoms with Crippen molar-refractivity contribution in [3.05, 3.63) is 29.6 Å². The minimum absolute atomic E-state index is 0.111. The number of carbonyl (C=O) groups is 1. The maximum Gasteiger partial charge on any atom is 0.231 e. The number of benzene rings is 1. The highest BCUT2D eigenvalue weighted by molar-refractivity contribution is 7.80. The lowest BCUT2D eigenvalue weighted by Crippen LogP contribution is -2.21. The first kappa shape index (κ1) is 12.4. The number of amides is 1. The van der Waals surface area contributed by atoms with Crippen molar-refractivity contribution in [3.63, 3.8) is 0 Å². The van der Waals surface area contributed by atoms with Crippen LogP contribution in [0.25, 0.3) is 0 Å². The Labute approximate surface area is 94.4 Å². The summed E-state index contributed by atoms with van der Waals surface area (Å²) in [5, 5.41) is 1.91. The Balaban J connectivity index is 2.89. The smallest absolute Gasteiger partial charge is 0.231 e. The number of carbonyl (C=O) groups excluding carboxylic acids is 1. The van der Waals surface area contributed by atoms with E-state index in [4.69, 9.17) is 5.73 Å². The summed E-state index contributed by atoms with van der Waals surface area (Å²) in [5.41, 5.74) is 4.35. The third-order valence-corrected chi connectivity index (χ3v) is 1.75. The molecule has 0 saturated carbocycles. The lowest BCUT2D eigenvalue weighted by Gasteiger charge is -2.07. The van der Waals surface area contributed by atoms with Gasteiger partial charge in [0.15, 0.2) is 11.6 Å². The van der Waals surface area contributed by atoms with E-state index in [1.807, 2.05) is 5.32 Å². The molecule has 0 heterocycles. The van der Waals surface area contributed by atoms with Gasteiger partial charge in [0.25, 0.3) is 0 Å². The van der Waals surface area contributed by atoms with Crippen LogP contribution in [-0.2, 0) is 4.79 Å². The van der Waals surface area contributed by atoms with E-state index in [9.17, 15) is 18.0 Å². The van der Waals surface area contributed by atoms with Gasteiger partial charge in [0.1, 0.15) is 11.5 Å². The van der Waals surface area contributed by atoms with E-state index in [1.165, 1.54) is 0 Å². The van der Waals surface area contributed by atoms with Crippen molar-refractivity contribution in [2.75, 3.05) is 5.32 Å².